The quantitative estimate of drug-likeness (QED) is 0.624. The highest BCUT2D eigenvalue weighted by Gasteiger charge is 2.08. The van der Waals surface area contributed by atoms with Crippen LogP contribution in [-0.4, -0.2) is 34.2 Å². The van der Waals surface area contributed by atoms with E-state index in [0.717, 1.165) is 24.9 Å². The number of hydrogen-bond donors (Lipinski definition) is 3. The Kier molecular flexibility index (Phi) is 5.05. The molecule has 0 radical (unpaired) electrons. The summed E-state index contributed by atoms with van der Waals surface area (Å²) < 4.78 is 0. The molecule has 0 aliphatic heterocycles. The van der Waals surface area contributed by atoms with Gasteiger partial charge in [0.25, 0.3) is 5.91 Å². The molecular formula is C18H21N5O. The first kappa shape index (κ1) is 16.0. The first-order chi connectivity index (χ1) is 11.8. The number of rotatable bonds is 7. The lowest BCUT2D eigenvalue weighted by molar-refractivity contribution is 0.0948. The highest BCUT2D eigenvalue weighted by Crippen LogP contribution is 2.17. The van der Waals surface area contributed by atoms with Crippen LogP contribution in [0.4, 0.5) is 5.82 Å². The third-order valence-electron chi connectivity index (χ3n) is 3.81. The zero-order chi connectivity index (χ0) is 16.8. The van der Waals surface area contributed by atoms with Crippen molar-refractivity contribution in [3.63, 3.8) is 0 Å². The van der Waals surface area contributed by atoms with Crippen LogP contribution >= 0.6 is 0 Å². The fourth-order valence-electron chi connectivity index (χ4n) is 2.54. The van der Waals surface area contributed by atoms with Gasteiger partial charge in [0, 0.05) is 30.2 Å². The van der Waals surface area contributed by atoms with Crippen molar-refractivity contribution in [2.24, 2.45) is 0 Å². The molecule has 0 fully saturated rings. The number of aromatic amines is 1. The lowest BCUT2D eigenvalue weighted by Gasteiger charge is -2.05. The summed E-state index contributed by atoms with van der Waals surface area (Å²) in [5.41, 5.74) is 2.63. The fourth-order valence-corrected chi connectivity index (χ4v) is 2.54. The number of para-hydroxylation sites is 1. The number of amides is 1. The van der Waals surface area contributed by atoms with Gasteiger partial charge in [-0.05, 0) is 36.6 Å². The van der Waals surface area contributed by atoms with E-state index in [2.05, 4.69) is 38.8 Å². The van der Waals surface area contributed by atoms with Crippen LogP contribution < -0.4 is 10.6 Å². The number of benzene rings is 1. The van der Waals surface area contributed by atoms with Crippen LogP contribution in [0.2, 0.25) is 0 Å². The molecule has 6 heteroatoms. The van der Waals surface area contributed by atoms with Crippen molar-refractivity contribution in [1.29, 1.82) is 0 Å². The molecule has 24 heavy (non-hydrogen) atoms. The van der Waals surface area contributed by atoms with Crippen molar-refractivity contribution in [3.8, 4) is 0 Å². The minimum atomic E-state index is -0.204. The summed E-state index contributed by atoms with van der Waals surface area (Å²) in [6.07, 6.45) is 3.77. The second-order valence-corrected chi connectivity index (χ2v) is 5.60. The van der Waals surface area contributed by atoms with Crippen LogP contribution in [0.25, 0.3) is 10.9 Å². The van der Waals surface area contributed by atoms with Gasteiger partial charge in [-0.1, -0.05) is 25.1 Å². The zero-order valence-corrected chi connectivity index (χ0v) is 13.7. The maximum absolute atomic E-state index is 12.1. The first-order valence-corrected chi connectivity index (χ1v) is 8.18. The number of fused-ring (bicyclic) bond motifs is 1. The van der Waals surface area contributed by atoms with Gasteiger partial charge in [0.2, 0.25) is 0 Å². The zero-order valence-electron chi connectivity index (χ0n) is 13.7. The van der Waals surface area contributed by atoms with Crippen LogP contribution in [0.15, 0.2) is 42.6 Å². The van der Waals surface area contributed by atoms with Crippen molar-refractivity contribution in [3.05, 3.63) is 53.9 Å². The van der Waals surface area contributed by atoms with E-state index in [1.165, 1.54) is 10.9 Å². The second kappa shape index (κ2) is 7.59. The monoisotopic (exact) mass is 323 g/mol. The van der Waals surface area contributed by atoms with Gasteiger partial charge >= 0.3 is 0 Å². The Bertz CT molecular complexity index is 810. The van der Waals surface area contributed by atoms with Crippen molar-refractivity contribution in [2.75, 3.05) is 18.4 Å². The van der Waals surface area contributed by atoms with Crippen molar-refractivity contribution >= 4 is 22.6 Å². The van der Waals surface area contributed by atoms with Crippen molar-refractivity contribution < 1.29 is 4.79 Å². The Morgan fingerprint density at radius 1 is 1.12 bits per heavy atom. The summed E-state index contributed by atoms with van der Waals surface area (Å²) >= 11 is 0. The molecular weight excluding hydrogens is 302 g/mol. The minimum Gasteiger partial charge on any atom is -0.369 e. The molecule has 0 spiro atoms. The summed E-state index contributed by atoms with van der Waals surface area (Å²) in [7, 11) is 0. The van der Waals surface area contributed by atoms with Gasteiger partial charge in [-0.2, -0.15) is 0 Å². The lowest BCUT2D eigenvalue weighted by atomic mass is 10.1. The van der Waals surface area contributed by atoms with Gasteiger partial charge in [-0.15, -0.1) is 10.2 Å². The van der Waals surface area contributed by atoms with Gasteiger partial charge in [0.15, 0.2) is 5.69 Å². The largest absolute Gasteiger partial charge is 0.369 e. The summed E-state index contributed by atoms with van der Waals surface area (Å²) in [6.45, 7) is 3.47. The van der Waals surface area contributed by atoms with E-state index in [1.807, 2.05) is 24.4 Å². The number of carbonyl (C=O) groups is 1. The van der Waals surface area contributed by atoms with Crippen molar-refractivity contribution in [2.45, 2.75) is 19.8 Å². The average molecular weight is 323 g/mol. The number of carbonyl (C=O) groups excluding carboxylic acids is 1. The molecule has 0 saturated carbocycles. The number of hydrogen-bond acceptors (Lipinski definition) is 4. The van der Waals surface area contributed by atoms with Gasteiger partial charge in [-0.3, -0.25) is 4.79 Å². The molecule has 2 heterocycles. The Hall–Kier alpha value is -2.89. The molecule has 0 bridgehead atoms. The van der Waals surface area contributed by atoms with Crippen LogP contribution in [0, 0.1) is 0 Å². The SMILES string of the molecule is CCCNc1ccc(C(=O)NCCc2c[nH]c3ccccc23)nn1. The average Bonchev–Trinajstić information content (AvgIpc) is 3.03. The molecule has 1 amide bonds. The third-order valence-corrected chi connectivity index (χ3v) is 3.81. The van der Waals surface area contributed by atoms with E-state index in [4.69, 9.17) is 0 Å². The number of aromatic nitrogens is 3. The van der Waals surface area contributed by atoms with E-state index in [9.17, 15) is 4.79 Å². The molecule has 3 rings (SSSR count). The molecule has 0 aliphatic carbocycles. The number of nitrogens with one attached hydrogen (secondary N) is 3. The fraction of sp³-hybridized carbons (Fsp3) is 0.278. The van der Waals surface area contributed by atoms with Gasteiger partial charge in [0.1, 0.15) is 5.82 Å². The maximum Gasteiger partial charge on any atom is 0.271 e. The van der Waals surface area contributed by atoms with E-state index in [0.29, 0.717) is 18.1 Å². The van der Waals surface area contributed by atoms with E-state index < -0.39 is 0 Å². The summed E-state index contributed by atoms with van der Waals surface area (Å²) in [5.74, 6) is 0.483. The maximum atomic E-state index is 12.1. The molecule has 2 aromatic heterocycles. The standard InChI is InChI=1S/C18H21N5O/c1-2-10-19-17-8-7-16(22-23-17)18(24)20-11-9-13-12-21-15-6-4-3-5-14(13)15/h3-8,12,21H,2,9-11H2,1H3,(H,19,23)(H,20,24). The minimum absolute atomic E-state index is 0.204. The molecule has 0 aliphatic rings. The topological polar surface area (TPSA) is 82.7 Å². The Labute approximate surface area is 140 Å². The van der Waals surface area contributed by atoms with E-state index >= 15 is 0 Å². The molecule has 6 nitrogen and oxygen atoms in total. The predicted molar refractivity (Wildman–Crippen MR) is 95.1 cm³/mol. The lowest BCUT2D eigenvalue weighted by Crippen LogP contribution is -2.26. The third kappa shape index (κ3) is 3.71. The van der Waals surface area contributed by atoms with Crippen molar-refractivity contribution in [1.82, 2.24) is 20.5 Å². The van der Waals surface area contributed by atoms with Gasteiger partial charge in [-0.25, -0.2) is 0 Å². The Morgan fingerprint density at radius 3 is 2.79 bits per heavy atom. The normalized spacial score (nSPS) is 10.7. The molecule has 0 atom stereocenters. The van der Waals surface area contributed by atoms with E-state index in [-0.39, 0.29) is 5.91 Å². The summed E-state index contributed by atoms with van der Waals surface area (Å²) in [5, 5.41) is 15.2. The van der Waals surface area contributed by atoms with Gasteiger partial charge in [0.05, 0.1) is 0 Å². The first-order valence-electron chi connectivity index (χ1n) is 8.18. The van der Waals surface area contributed by atoms with E-state index in [1.54, 1.807) is 12.1 Å². The molecule has 0 unspecified atom stereocenters. The Balaban J connectivity index is 1.53. The number of H-pyrrole nitrogens is 1. The number of anilines is 1. The highest BCUT2D eigenvalue weighted by atomic mass is 16.1. The van der Waals surface area contributed by atoms with Gasteiger partial charge < -0.3 is 15.6 Å². The predicted octanol–water partition coefficient (Wildman–Crippen LogP) is 2.75. The molecule has 124 valence electrons. The van der Waals surface area contributed by atoms with Crippen LogP contribution in [0.1, 0.15) is 29.4 Å². The van der Waals surface area contributed by atoms with Crippen LogP contribution in [0.5, 0.6) is 0 Å². The number of nitrogens with zero attached hydrogens (tertiary/aromatic N) is 2. The highest BCUT2D eigenvalue weighted by molar-refractivity contribution is 5.92. The Morgan fingerprint density at radius 2 is 2.00 bits per heavy atom. The molecule has 3 N–H and O–H groups in total. The molecule has 3 aromatic rings. The molecule has 0 saturated heterocycles. The second-order valence-electron chi connectivity index (χ2n) is 5.60. The van der Waals surface area contributed by atoms with Crippen LogP contribution in [0.3, 0.4) is 0 Å². The van der Waals surface area contributed by atoms with Crippen LogP contribution in [-0.2, 0) is 6.42 Å². The smallest absolute Gasteiger partial charge is 0.271 e. The summed E-state index contributed by atoms with van der Waals surface area (Å²) in [6, 6.07) is 11.6. The molecule has 1 aromatic carbocycles. The summed E-state index contributed by atoms with van der Waals surface area (Å²) in [4.78, 5) is 15.4.